The van der Waals surface area contributed by atoms with Crippen LogP contribution in [0.3, 0.4) is 0 Å². The van der Waals surface area contributed by atoms with Gasteiger partial charge >= 0.3 is 5.97 Å². The molecular weight excluding hydrogens is 483 g/mol. The first kappa shape index (κ1) is 23.0. The highest BCUT2D eigenvalue weighted by molar-refractivity contribution is 7.17. The van der Waals surface area contributed by atoms with Gasteiger partial charge in [0.05, 0.1) is 22.3 Å². The van der Waals surface area contributed by atoms with Gasteiger partial charge in [0.1, 0.15) is 10.6 Å². The van der Waals surface area contributed by atoms with Gasteiger partial charge in [-0.3, -0.25) is 4.79 Å². The number of amides is 1. The highest BCUT2D eigenvalue weighted by atomic mass is 35.5. The maximum atomic E-state index is 12.7. The average Bonchev–Trinajstić information content (AvgIpc) is 3.36. The molecule has 1 aliphatic heterocycles. The van der Waals surface area contributed by atoms with Crippen molar-refractivity contribution in [3.05, 3.63) is 32.0 Å². The zero-order valence-corrected chi connectivity index (χ0v) is 21.1. The predicted octanol–water partition coefficient (Wildman–Crippen LogP) is 4.86. The number of carbonyl (C=O) groups is 2. The smallest absolute Gasteiger partial charge is 0.350 e. The molecule has 0 bridgehead atoms. The van der Waals surface area contributed by atoms with E-state index in [1.54, 1.807) is 6.92 Å². The fraction of sp³-hybridized carbons (Fsp3) is 0.609. The van der Waals surface area contributed by atoms with Gasteiger partial charge < -0.3 is 19.9 Å². The summed E-state index contributed by atoms with van der Waals surface area (Å²) < 4.78 is 5.30. The lowest BCUT2D eigenvalue weighted by Crippen LogP contribution is -2.34. The van der Waals surface area contributed by atoms with Gasteiger partial charge in [-0.05, 0) is 26.2 Å². The second-order valence-corrected chi connectivity index (χ2v) is 11.1. The van der Waals surface area contributed by atoms with Crippen LogP contribution in [0.25, 0.3) is 0 Å². The molecule has 0 unspecified atom stereocenters. The summed E-state index contributed by atoms with van der Waals surface area (Å²) >= 11 is 13.7. The molecule has 0 aromatic carbocycles. The zero-order chi connectivity index (χ0) is 23.3. The van der Waals surface area contributed by atoms with Gasteiger partial charge in [0.15, 0.2) is 5.13 Å². The van der Waals surface area contributed by atoms with Crippen LogP contribution in [0.2, 0.25) is 10.0 Å². The topological polar surface area (TPSA) is 87.3 Å². The van der Waals surface area contributed by atoms with Crippen molar-refractivity contribution in [1.29, 1.82) is 0 Å². The fourth-order valence-electron chi connectivity index (χ4n) is 5.31. The largest absolute Gasteiger partial charge is 0.462 e. The van der Waals surface area contributed by atoms with Crippen LogP contribution in [0.4, 0.5) is 5.13 Å². The van der Waals surface area contributed by atoms with Gasteiger partial charge in [-0.15, -0.1) is 0 Å². The lowest BCUT2D eigenvalue weighted by molar-refractivity contribution is 0.0530. The summed E-state index contributed by atoms with van der Waals surface area (Å²) in [5.74, 6) is 0.857. The number of piperidine rings is 1. The molecule has 2 aliphatic carbocycles. The summed E-state index contributed by atoms with van der Waals surface area (Å²) in [7, 11) is 0. The van der Waals surface area contributed by atoms with E-state index in [9.17, 15) is 9.59 Å². The van der Waals surface area contributed by atoms with Crippen LogP contribution in [0, 0.1) is 24.7 Å². The van der Waals surface area contributed by atoms with Crippen molar-refractivity contribution in [1.82, 2.24) is 15.3 Å². The van der Waals surface area contributed by atoms with Crippen LogP contribution in [0.5, 0.6) is 0 Å². The second kappa shape index (κ2) is 9.12. The van der Waals surface area contributed by atoms with Crippen LogP contribution in [0.1, 0.15) is 64.2 Å². The number of aromatic amines is 1. The number of H-pyrrole nitrogens is 1. The molecule has 0 radical (unpaired) electrons. The molecule has 178 valence electrons. The Bertz CT molecular complexity index is 1070. The van der Waals surface area contributed by atoms with E-state index in [4.69, 9.17) is 32.9 Å². The molecule has 3 aliphatic rings. The average molecular weight is 511 g/mol. The highest BCUT2D eigenvalue weighted by Crippen LogP contribution is 2.48. The Labute approximate surface area is 207 Å². The van der Waals surface area contributed by atoms with Gasteiger partial charge in [0.25, 0.3) is 5.91 Å². The van der Waals surface area contributed by atoms with E-state index in [1.165, 1.54) is 37.0 Å². The summed E-state index contributed by atoms with van der Waals surface area (Å²) in [5, 5.41) is 4.64. The SMILES string of the molecule is CCOC(=O)c1sc(N2C[C@@H]3[C@H](C2)[C@@H]3NC(=O)c2[nH]c(C)c(Cl)c2Cl)nc1CC1CCCC1. The summed E-state index contributed by atoms with van der Waals surface area (Å²) in [5.41, 5.74) is 1.89. The van der Waals surface area contributed by atoms with Gasteiger partial charge in [0.2, 0.25) is 0 Å². The van der Waals surface area contributed by atoms with Crippen LogP contribution < -0.4 is 10.2 Å². The normalized spacial score (nSPS) is 24.2. The van der Waals surface area contributed by atoms with E-state index in [1.807, 2.05) is 6.92 Å². The van der Waals surface area contributed by atoms with Crippen LogP contribution in [-0.4, -0.2) is 47.6 Å². The number of anilines is 1. The highest BCUT2D eigenvalue weighted by Gasteiger charge is 2.57. The number of hydrogen-bond donors (Lipinski definition) is 2. The molecule has 5 rings (SSSR count). The van der Waals surface area contributed by atoms with E-state index >= 15 is 0 Å². The Hall–Kier alpha value is -1.77. The standard InChI is InChI=1S/C23H28Cl2N4O3S/c1-3-32-22(31)20-15(8-12-6-4-5-7-12)27-23(33-20)29-9-13-14(10-29)18(13)28-21(30)19-17(25)16(24)11(2)26-19/h12-14,18,26H,3-10H2,1-2H3,(H,28,30)/t13-,14+,18-. The van der Waals surface area contributed by atoms with Crippen molar-refractivity contribution in [2.24, 2.45) is 17.8 Å². The first-order valence-corrected chi connectivity index (χ1v) is 13.2. The Morgan fingerprint density at radius 1 is 1.21 bits per heavy atom. The van der Waals surface area contributed by atoms with Crippen molar-refractivity contribution < 1.29 is 14.3 Å². The van der Waals surface area contributed by atoms with Crippen LogP contribution >= 0.6 is 34.5 Å². The third-order valence-electron chi connectivity index (χ3n) is 7.15. The molecule has 3 atom stereocenters. The lowest BCUT2D eigenvalue weighted by atomic mass is 10.0. The number of hydrogen-bond acceptors (Lipinski definition) is 6. The van der Waals surface area contributed by atoms with E-state index < -0.39 is 0 Å². The number of carbonyl (C=O) groups excluding carboxylic acids is 2. The van der Waals surface area contributed by atoms with Gasteiger partial charge in [-0.1, -0.05) is 60.2 Å². The number of nitrogens with one attached hydrogen (secondary N) is 2. The number of ether oxygens (including phenoxy) is 1. The first-order valence-electron chi connectivity index (χ1n) is 11.6. The van der Waals surface area contributed by atoms with Crippen LogP contribution in [-0.2, 0) is 11.2 Å². The van der Waals surface area contributed by atoms with E-state index in [2.05, 4.69) is 15.2 Å². The minimum atomic E-state index is -0.263. The van der Waals surface area contributed by atoms with Crippen molar-refractivity contribution >= 4 is 51.5 Å². The molecule has 10 heteroatoms. The van der Waals surface area contributed by atoms with Crippen molar-refractivity contribution in [3.63, 3.8) is 0 Å². The molecule has 7 nitrogen and oxygen atoms in total. The zero-order valence-electron chi connectivity index (χ0n) is 18.7. The van der Waals surface area contributed by atoms with E-state index in [0.717, 1.165) is 30.3 Å². The van der Waals surface area contributed by atoms with Gasteiger partial charge in [0, 0.05) is 36.7 Å². The molecule has 2 saturated carbocycles. The van der Waals surface area contributed by atoms with Gasteiger partial charge in [-0.25, -0.2) is 9.78 Å². The number of thiazole rings is 1. The third-order valence-corrected chi connectivity index (χ3v) is 9.23. The minimum Gasteiger partial charge on any atom is -0.462 e. The van der Waals surface area contributed by atoms with E-state index in [0.29, 0.717) is 45.6 Å². The summed E-state index contributed by atoms with van der Waals surface area (Å²) in [4.78, 5) is 36.0. The molecule has 1 saturated heterocycles. The molecule has 1 amide bonds. The van der Waals surface area contributed by atoms with Gasteiger partial charge in [-0.2, -0.15) is 0 Å². The van der Waals surface area contributed by atoms with Crippen molar-refractivity contribution in [2.75, 3.05) is 24.6 Å². The van der Waals surface area contributed by atoms with Crippen LogP contribution in [0.15, 0.2) is 0 Å². The molecule has 2 aromatic heterocycles. The monoisotopic (exact) mass is 510 g/mol. The number of aryl methyl sites for hydroxylation is 1. The Morgan fingerprint density at radius 3 is 2.52 bits per heavy atom. The number of esters is 1. The first-order chi connectivity index (χ1) is 15.9. The number of nitrogens with zero attached hydrogens (tertiary/aromatic N) is 2. The predicted molar refractivity (Wildman–Crippen MR) is 130 cm³/mol. The van der Waals surface area contributed by atoms with Crippen molar-refractivity contribution in [3.8, 4) is 0 Å². The molecule has 2 aromatic rings. The van der Waals surface area contributed by atoms with E-state index in [-0.39, 0.29) is 22.9 Å². The second-order valence-electron chi connectivity index (χ2n) is 9.33. The number of fused-ring (bicyclic) bond motifs is 1. The maximum Gasteiger partial charge on any atom is 0.350 e. The number of halogens is 2. The van der Waals surface area contributed by atoms with Crippen molar-refractivity contribution in [2.45, 2.75) is 52.0 Å². The summed E-state index contributed by atoms with van der Waals surface area (Å²) in [6.07, 6.45) is 5.79. The summed E-state index contributed by atoms with van der Waals surface area (Å²) in [6, 6.07) is 0.120. The lowest BCUT2D eigenvalue weighted by Gasteiger charge is -2.19. The molecule has 2 N–H and O–H groups in total. The third kappa shape index (κ3) is 4.37. The fourth-order valence-corrected chi connectivity index (χ4v) is 6.73. The molecule has 33 heavy (non-hydrogen) atoms. The molecule has 3 heterocycles. The quantitative estimate of drug-likeness (QED) is 0.519. The maximum absolute atomic E-state index is 12.7. The molecule has 0 spiro atoms. The Morgan fingerprint density at radius 2 is 1.91 bits per heavy atom. The molecular formula is C23H28Cl2N4O3S. The number of rotatable bonds is 7. The minimum absolute atomic E-state index is 0.120. The number of aromatic nitrogens is 2. The summed E-state index contributed by atoms with van der Waals surface area (Å²) in [6.45, 7) is 5.60. The molecule has 3 fully saturated rings. The Balaban J connectivity index is 1.24. The Kier molecular flexibility index (Phi) is 6.35.